The van der Waals surface area contributed by atoms with Crippen LogP contribution in [0.25, 0.3) is 0 Å². The molecule has 0 radical (unpaired) electrons. The fourth-order valence-electron chi connectivity index (χ4n) is 2.17. The van der Waals surface area contributed by atoms with Gasteiger partial charge >= 0.3 is 0 Å². The molecule has 0 bridgehead atoms. The first-order chi connectivity index (χ1) is 7.33. The Morgan fingerprint density at radius 3 is 3.13 bits per heavy atom. The van der Waals surface area contributed by atoms with Crippen LogP contribution in [0.15, 0.2) is 18.5 Å². The topological polar surface area (TPSA) is 39.9 Å². The summed E-state index contributed by atoms with van der Waals surface area (Å²) in [6.07, 6.45) is 7.20. The highest BCUT2D eigenvalue weighted by Crippen LogP contribution is 2.26. The molecular weight excluding hydrogens is 186 g/mol. The Morgan fingerprint density at radius 2 is 2.40 bits per heavy atom. The van der Waals surface area contributed by atoms with Gasteiger partial charge in [0, 0.05) is 18.8 Å². The average molecular weight is 201 g/mol. The molecule has 2 rings (SSSR count). The zero-order valence-corrected chi connectivity index (χ0v) is 8.98. The Labute approximate surface area is 90.4 Å². The Balaban J connectivity index is 2.31. The van der Waals surface area contributed by atoms with Crippen molar-refractivity contribution in [1.29, 1.82) is 5.26 Å². The highest BCUT2D eigenvalue weighted by atomic mass is 15.2. The smallest absolute Gasteiger partial charge is 0.101 e. The van der Waals surface area contributed by atoms with Crippen LogP contribution in [0.5, 0.6) is 0 Å². The lowest BCUT2D eigenvalue weighted by molar-refractivity contribution is 0.484. The van der Waals surface area contributed by atoms with E-state index in [1.54, 1.807) is 18.5 Å². The van der Waals surface area contributed by atoms with Gasteiger partial charge in [-0.05, 0) is 32.3 Å². The van der Waals surface area contributed by atoms with Crippen molar-refractivity contribution in [3.8, 4) is 6.07 Å². The third kappa shape index (κ3) is 1.94. The minimum absolute atomic E-state index is 0.523. The molecule has 15 heavy (non-hydrogen) atoms. The van der Waals surface area contributed by atoms with Gasteiger partial charge in [0.05, 0.1) is 17.4 Å². The maximum absolute atomic E-state index is 9.03. The van der Waals surface area contributed by atoms with Crippen LogP contribution in [0.1, 0.15) is 31.7 Å². The lowest BCUT2D eigenvalue weighted by atomic mass is 10.0. The Hall–Kier alpha value is -1.56. The number of anilines is 1. The van der Waals surface area contributed by atoms with Crippen molar-refractivity contribution in [3.63, 3.8) is 0 Å². The molecule has 1 aliphatic heterocycles. The van der Waals surface area contributed by atoms with Crippen LogP contribution in [-0.2, 0) is 0 Å². The van der Waals surface area contributed by atoms with Gasteiger partial charge < -0.3 is 4.90 Å². The lowest BCUT2D eigenvalue weighted by Crippen LogP contribution is -2.37. The quantitative estimate of drug-likeness (QED) is 0.700. The van der Waals surface area contributed by atoms with E-state index >= 15 is 0 Å². The first-order valence-electron chi connectivity index (χ1n) is 5.43. The van der Waals surface area contributed by atoms with E-state index < -0.39 is 0 Å². The SMILES string of the molecule is CC1CCCCN1c1cnccc1C#N. The van der Waals surface area contributed by atoms with E-state index in [9.17, 15) is 0 Å². The highest BCUT2D eigenvalue weighted by molar-refractivity contribution is 5.58. The van der Waals surface area contributed by atoms with Gasteiger partial charge in [0.15, 0.2) is 0 Å². The van der Waals surface area contributed by atoms with Crippen LogP contribution in [0.4, 0.5) is 5.69 Å². The molecule has 0 N–H and O–H groups in total. The minimum Gasteiger partial charge on any atom is -0.367 e. The number of piperidine rings is 1. The molecule has 1 fully saturated rings. The second kappa shape index (κ2) is 4.31. The third-order valence-corrected chi connectivity index (χ3v) is 3.03. The molecule has 78 valence electrons. The molecule has 1 atom stereocenters. The molecular formula is C12H15N3. The van der Waals surface area contributed by atoms with Crippen molar-refractivity contribution >= 4 is 5.69 Å². The molecule has 0 aliphatic carbocycles. The zero-order chi connectivity index (χ0) is 10.7. The predicted molar refractivity (Wildman–Crippen MR) is 59.6 cm³/mol. The molecule has 1 aromatic heterocycles. The normalized spacial score (nSPS) is 21.1. The van der Waals surface area contributed by atoms with Crippen LogP contribution < -0.4 is 4.90 Å². The number of hydrogen-bond donors (Lipinski definition) is 0. The van der Waals surface area contributed by atoms with Crippen molar-refractivity contribution in [2.24, 2.45) is 0 Å². The molecule has 2 heterocycles. The summed E-state index contributed by atoms with van der Waals surface area (Å²) >= 11 is 0. The first kappa shape index (κ1) is 9.97. The number of aromatic nitrogens is 1. The Bertz CT molecular complexity index is 381. The fraction of sp³-hybridized carbons (Fsp3) is 0.500. The summed E-state index contributed by atoms with van der Waals surface area (Å²) < 4.78 is 0. The molecule has 0 saturated carbocycles. The summed E-state index contributed by atoms with van der Waals surface area (Å²) in [7, 11) is 0. The van der Waals surface area contributed by atoms with Crippen LogP contribution in [0.3, 0.4) is 0 Å². The standard InChI is InChI=1S/C12H15N3/c1-10-4-2-3-7-15(10)12-9-14-6-5-11(12)8-13/h5-6,9-10H,2-4,7H2,1H3. The monoisotopic (exact) mass is 201 g/mol. The van der Waals surface area contributed by atoms with Gasteiger partial charge in [0.25, 0.3) is 0 Å². The molecule has 3 heteroatoms. The molecule has 0 spiro atoms. The van der Waals surface area contributed by atoms with E-state index in [0.717, 1.165) is 17.8 Å². The van der Waals surface area contributed by atoms with Gasteiger partial charge in [-0.3, -0.25) is 4.98 Å². The van der Waals surface area contributed by atoms with E-state index in [1.807, 2.05) is 0 Å². The molecule has 1 unspecified atom stereocenters. The maximum Gasteiger partial charge on any atom is 0.101 e. The maximum atomic E-state index is 9.03. The van der Waals surface area contributed by atoms with Gasteiger partial charge in [-0.15, -0.1) is 0 Å². The van der Waals surface area contributed by atoms with Crippen molar-refractivity contribution in [2.45, 2.75) is 32.2 Å². The number of nitriles is 1. The molecule has 1 aliphatic rings. The number of nitrogens with zero attached hydrogens (tertiary/aromatic N) is 3. The van der Waals surface area contributed by atoms with Gasteiger partial charge in [0.2, 0.25) is 0 Å². The highest BCUT2D eigenvalue weighted by Gasteiger charge is 2.20. The van der Waals surface area contributed by atoms with Gasteiger partial charge in [-0.1, -0.05) is 0 Å². The summed E-state index contributed by atoms with van der Waals surface area (Å²) in [5.41, 5.74) is 1.73. The van der Waals surface area contributed by atoms with Crippen molar-refractivity contribution in [3.05, 3.63) is 24.0 Å². The van der Waals surface area contributed by atoms with Crippen molar-refractivity contribution < 1.29 is 0 Å². The van der Waals surface area contributed by atoms with Gasteiger partial charge in [-0.25, -0.2) is 0 Å². The van der Waals surface area contributed by atoms with Gasteiger partial charge in [-0.2, -0.15) is 5.26 Å². The second-order valence-electron chi connectivity index (χ2n) is 4.04. The Morgan fingerprint density at radius 1 is 1.53 bits per heavy atom. The van der Waals surface area contributed by atoms with Gasteiger partial charge in [0.1, 0.15) is 6.07 Å². The predicted octanol–water partition coefficient (Wildman–Crippen LogP) is 2.33. The molecule has 3 nitrogen and oxygen atoms in total. The largest absolute Gasteiger partial charge is 0.367 e. The van der Waals surface area contributed by atoms with Crippen LogP contribution in [0.2, 0.25) is 0 Å². The van der Waals surface area contributed by atoms with E-state index in [-0.39, 0.29) is 0 Å². The van der Waals surface area contributed by atoms with E-state index in [1.165, 1.54) is 19.3 Å². The van der Waals surface area contributed by atoms with E-state index in [2.05, 4.69) is 22.9 Å². The average Bonchev–Trinajstić information content (AvgIpc) is 2.30. The molecule has 1 saturated heterocycles. The van der Waals surface area contributed by atoms with E-state index in [0.29, 0.717) is 6.04 Å². The molecule has 0 aromatic carbocycles. The van der Waals surface area contributed by atoms with Crippen molar-refractivity contribution in [1.82, 2.24) is 4.98 Å². The van der Waals surface area contributed by atoms with Crippen LogP contribution in [0, 0.1) is 11.3 Å². The number of rotatable bonds is 1. The number of hydrogen-bond acceptors (Lipinski definition) is 3. The van der Waals surface area contributed by atoms with Crippen LogP contribution >= 0.6 is 0 Å². The Kier molecular flexibility index (Phi) is 2.86. The second-order valence-corrected chi connectivity index (χ2v) is 4.04. The first-order valence-corrected chi connectivity index (χ1v) is 5.43. The summed E-state index contributed by atoms with van der Waals surface area (Å²) in [5.74, 6) is 0. The summed E-state index contributed by atoms with van der Waals surface area (Å²) in [6.45, 7) is 3.26. The zero-order valence-electron chi connectivity index (χ0n) is 8.98. The summed E-state index contributed by atoms with van der Waals surface area (Å²) in [5, 5.41) is 9.03. The van der Waals surface area contributed by atoms with Crippen molar-refractivity contribution in [2.75, 3.05) is 11.4 Å². The molecule has 0 amide bonds. The fourth-order valence-corrected chi connectivity index (χ4v) is 2.17. The lowest BCUT2D eigenvalue weighted by Gasteiger charge is -2.35. The molecule has 1 aromatic rings. The number of pyridine rings is 1. The van der Waals surface area contributed by atoms with E-state index in [4.69, 9.17) is 5.26 Å². The van der Waals surface area contributed by atoms with Crippen LogP contribution in [-0.4, -0.2) is 17.6 Å². The third-order valence-electron chi connectivity index (χ3n) is 3.03. The summed E-state index contributed by atoms with van der Waals surface area (Å²) in [6, 6.07) is 4.54. The minimum atomic E-state index is 0.523. The summed E-state index contributed by atoms with van der Waals surface area (Å²) in [4.78, 5) is 6.41.